The summed E-state index contributed by atoms with van der Waals surface area (Å²) in [5.41, 5.74) is 4.00. The molecule has 0 amide bonds. The van der Waals surface area contributed by atoms with Gasteiger partial charge in [0.2, 0.25) is 0 Å². The van der Waals surface area contributed by atoms with E-state index in [0.717, 1.165) is 37.0 Å². The number of allylic oxidation sites excluding steroid dienone is 1. The monoisotopic (exact) mass is 556 g/mol. The van der Waals surface area contributed by atoms with E-state index >= 15 is 0 Å². The van der Waals surface area contributed by atoms with Gasteiger partial charge in [0.1, 0.15) is 11.5 Å². The quantitative estimate of drug-likeness (QED) is 0.265. The highest BCUT2D eigenvalue weighted by Gasteiger charge is 2.62. The molecule has 8 atom stereocenters. The first-order valence-electron chi connectivity index (χ1n) is 16.0. The molecule has 4 aliphatic rings. The molecule has 4 heteroatoms. The molecule has 0 bridgehead atoms. The number of fused-ring (bicyclic) bond motifs is 5. The lowest BCUT2D eigenvalue weighted by Gasteiger charge is -2.60. The summed E-state index contributed by atoms with van der Waals surface area (Å²) in [6, 6.07) is 18.9. The summed E-state index contributed by atoms with van der Waals surface area (Å²) >= 11 is 0. The SMILES string of the molecule is CCOc1ccc(CO[C@@]2(O)CC[C@@]3(C)C(=CC(Cc4ccccc4)C4C3CC[C@@]3(C)C4CC[C@@H]3C(C)=O)C2)cc1. The minimum absolute atomic E-state index is 0.0717. The summed E-state index contributed by atoms with van der Waals surface area (Å²) in [5.74, 6) is 2.44. The van der Waals surface area contributed by atoms with Gasteiger partial charge in [-0.2, -0.15) is 0 Å². The molecule has 2 aromatic rings. The van der Waals surface area contributed by atoms with Crippen molar-refractivity contribution in [3.8, 4) is 5.75 Å². The van der Waals surface area contributed by atoms with Gasteiger partial charge in [0.15, 0.2) is 5.79 Å². The number of ether oxygens (including phenoxy) is 2. The maximum Gasteiger partial charge on any atom is 0.169 e. The van der Waals surface area contributed by atoms with E-state index < -0.39 is 5.79 Å². The van der Waals surface area contributed by atoms with Crippen molar-refractivity contribution in [2.24, 2.45) is 40.4 Å². The Labute approximate surface area is 246 Å². The number of ketones is 1. The van der Waals surface area contributed by atoms with Crippen LogP contribution in [0.15, 0.2) is 66.2 Å². The van der Waals surface area contributed by atoms with Crippen LogP contribution in [0.4, 0.5) is 0 Å². The molecule has 6 rings (SSSR count). The summed E-state index contributed by atoms with van der Waals surface area (Å²) < 4.78 is 11.9. The standard InChI is InChI=1S/C37H48O4/c1-5-40-30-13-11-27(12-14-30)24-41-37(39)20-19-35(3)29(23-37)22-28(21-26-9-7-6-8-10-26)34-32-16-15-31(25(2)38)36(32,4)18-17-33(34)35/h6-14,22,28,31-34,39H,5,15-21,23-24H2,1-4H3/t28?,31-,32?,33?,34?,35+,36-,37+/m1/s1. The van der Waals surface area contributed by atoms with E-state index in [2.05, 4.69) is 50.3 Å². The lowest BCUT2D eigenvalue weighted by atomic mass is 9.44. The van der Waals surface area contributed by atoms with Crippen LogP contribution in [0.2, 0.25) is 0 Å². The highest BCUT2D eigenvalue weighted by atomic mass is 16.6. The largest absolute Gasteiger partial charge is 0.494 e. The molecule has 0 radical (unpaired) electrons. The van der Waals surface area contributed by atoms with Crippen LogP contribution in [-0.2, 0) is 22.6 Å². The minimum atomic E-state index is -1.15. The Hall–Kier alpha value is -2.43. The Bertz CT molecular complexity index is 1270. The lowest BCUT2D eigenvalue weighted by molar-refractivity contribution is -0.232. The Morgan fingerprint density at radius 2 is 1.68 bits per heavy atom. The van der Waals surface area contributed by atoms with Crippen molar-refractivity contribution in [3.05, 3.63) is 77.4 Å². The average Bonchev–Trinajstić information content (AvgIpc) is 3.32. The molecule has 3 saturated carbocycles. The third kappa shape index (κ3) is 5.20. The molecule has 4 unspecified atom stereocenters. The van der Waals surface area contributed by atoms with Crippen LogP contribution in [0, 0.1) is 40.4 Å². The molecule has 0 aromatic heterocycles. The normalized spacial score (nSPS) is 37.9. The van der Waals surface area contributed by atoms with Crippen LogP contribution in [0.3, 0.4) is 0 Å². The van der Waals surface area contributed by atoms with E-state index in [0.29, 0.717) is 55.5 Å². The van der Waals surface area contributed by atoms with Crippen molar-refractivity contribution in [1.82, 2.24) is 0 Å². The summed E-state index contributed by atoms with van der Waals surface area (Å²) in [6.45, 7) is 9.75. The molecule has 0 heterocycles. The number of Topliss-reactive ketones (excluding diaryl/α,β-unsaturated/α-hetero) is 1. The minimum Gasteiger partial charge on any atom is -0.494 e. The van der Waals surface area contributed by atoms with Gasteiger partial charge in [-0.15, -0.1) is 0 Å². The van der Waals surface area contributed by atoms with Gasteiger partial charge >= 0.3 is 0 Å². The fourth-order valence-electron chi connectivity index (χ4n) is 9.72. The fourth-order valence-corrected chi connectivity index (χ4v) is 9.72. The lowest BCUT2D eigenvalue weighted by Crippen LogP contribution is -2.55. The number of hydrogen-bond acceptors (Lipinski definition) is 4. The molecule has 41 heavy (non-hydrogen) atoms. The molecule has 2 aromatic carbocycles. The second-order valence-corrected chi connectivity index (χ2v) is 14.0. The van der Waals surface area contributed by atoms with Crippen LogP contribution < -0.4 is 4.74 Å². The number of benzene rings is 2. The predicted molar refractivity (Wildman–Crippen MR) is 162 cm³/mol. The third-order valence-corrected chi connectivity index (χ3v) is 11.8. The van der Waals surface area contributed by atoms with Gasteiger partial charge in [-0.3, -0.25) is 4.79 Å². The van der Waals surface area contributed by atoms with E-state index in [9.17, 15) is 9.90 Å². The molecule has 4 aliphatic carbocycles. The van der Waals surface area contributed by atoms with Crippen molar-refractivity contribution >= 4 is 5.78 Å². The highest BCUT2D eigenvalue weighted by Crippen LogP contribution is 2.68. The maximum absolute atomic E-state index is 12.8. The summed E-state index contributed by atoms with van der Waals surface area (Å²) in [7, 11) is 0. The van der Waals surface area contributed by atoms with Crippen molar-refractivity contribution in [3.63, 3.8) is 0 Å². The Morgan fingerprint density at radius 3 is 2.39 bits per heavy atom. The highest BCUT2D eigenvalue weighted by molar-refractivity contribution is 5.79. The molecule has 1 N–H and O–H groups in total. The number of hydrogen-bond donors (Lipinski definition) is 1. The first-order chi connectivity index (χ1) is 19.6. The average molecular weight is 557 g/mol. The van der Waals surface area contributed by atoms with Gasteiger partial charge in [-0.25, -0.2) is 0 Å². The zero-order chi connectivity index (χ0) is 28.8. The summed E-state index contributed by atoms with van der Waals surface area (Å²) in [4.78, 5) is 12.8. The van der Waals surface area contributed by atoms with Gasteiger partial charge in [-0.05, 0) is 110 Å². The molecule has 3 fully saturated rings. The van der Waals surface area contributed by atoms with E-state index in [1.165, 1.54) is 24.0 Å². The molecule has 0 spiro atoms. The van der Waals surface area contributed by atoms with E-state index in [4.69, 9.17) is 9.47 Å². The number of rotatable bonds is 8. The van der Waals surface area contributed by atoms with Crippen LogP contribution >= 0.6 is 0 Å². The van der Waals surface area contributed by atoms with E-state index in [-0.39, 0.29) is 16.7 Å². The second-order valence-electron chi connectivity index (χ2n) is 14.0. The zero-order valence-corrected chi connectivity index (χ0v) is 25.4. The molecular formula is C37H48O4. The second kappa shape index (κ2) is 11.0. The van der Waals surface area contributed by atoms with Crippen LogP contribution in [-0.4, -0.2) is 23.3 Å². The van der Waals surface area contributed by atoms with Crippen LogP contribution in [0.1, 0.15) is 83.8 Å². The fraction of sp³-hybridized carbons (Fsp3) is 0.595. The van der Waals surface area contributed by atoms with Crippen molar-refractivity contribution in [2.45, 2.75) is 91.5 Å². The van der Waals surface area contributed by atoms with Gasteiger partial charge in [0.05, 0.1) is 13.2 Å². The van der Waals surface area contributed by atoms with Gasteiger partial charge in [0.25, 0.3) is 0 Å². The molecular weight excluding hydrogens is 508 g/mol. The molecule has 4 nitrogen and oxygen atoms in total. The summed E-state index contributed by atoms with van der Waals surface area (Å²) in [5, 5.41) is 11.8. The van der Waals surface area contributed by atoms with Crippen molar-refractivity contribution in [2.75, 3.05) is 6.61 Å². The Morgan fingerprint density at radius 1 is 0.927 bits per heavy atom. The first kappa shape index (κ1) is 28.7. The van der Waals surface area contributed by atoms with Gasteiger partial charge in [0, 0.05) is 18.8 Å². The molecule has 0 saturated heterocycles. The third-order valence-electron chi connectivity index (χ3n) is 11.8. The van der Waals surface area contributed by atoms with Crippen molar-refractivity contribution in [1.29, 1.82) is 0 Å². The van der Waals surface area contributed by atoms with Crippen molar-refractivity contribution < 1.29 is 19.4 Å². The van der Waals surface area contributed by atoms with Gasteiger partial charge < -0.3 is 14.6 Å². The number of carbonyl (C=O) groups excluding carboxylic acids is 1. The van der Waals surface area contributed by atoms with Crippen LogP contribution in [0.25, 0.3) is 0 Å². The predicted octanol–water partition coefficient (Wildman–Crippen LogP) is 7.93. The molecule has 0 aliphatic heterocycles. The molecule has 220 valence electrons. The smallest absolute Gasteiger partial charge is 0.169 e. The first-order valence-corrected chi connectivity index (χ1v) is 16.0. The maximum atomic E-state index is 12.8. The van der Waals surface area contributed by atoms with E-state index in [1.54, 1.807) is 0 Å². The topological polar surface area (TPSA) is 55.8 Å². The zero-order valence-electron chi connectivity index (χ0n) is 25.4. The Balaban J connectivity index is 1.28. The van der Waals surface area contributed by atoms with Crippen LogP contribution in [0.5, 0.6) is 5.75 Å². The number of aliphatic hydroxyl groups is 1. The van der Waals surface area contributed by atoms with E-state index in [1.807, 2.05) is 38.1 Å². The van der Waals surface area contributed by atoms with Gasteiger partial charge in [-0.1, -0.05) is 68.0 Å². The summed E-state index contributed by atoms with van der Waals surface area (Å²) in [6.07, 6.45) is 10.3. The number of carbonyl (C=O) groups is 1. The Kier molecular flexibility index (Phi) is 7.70.